The van der Waals surface area contributed by atoms with Gasteiger partial charge in [-0.05, 0) is 35.1 Å². The van der Waals surface area contributed by atoms with Crippen LogP contribution in [0.2, 0.25) is 0 Å². The molecule has 6 heteroatoms. The highest BCUT2D eigenvalue weighted by Gasteiger charge is 2.27. The lowest BCUT2D eigenvalue weighted by Crippen LogP contribution is -2.17. The maximum atomic E-state index is 13.3. The van der Waals surface area contributed by atoms with Crippen molar-refractivity contribution in [3.63, 3.8) is 0 Å². The number of hydrogen-bond donors (Lipinski definition) is 0. The largest absolute Gasteiger partial charge is 0.497 e. The highest BCUT2D eigenvalue weighted by atomic mass is 16.5. The van der Waals surface area contributed by atoms with E-state index in [1.807, 2.05) is 53.7 Å². The molecule has 0 fully saturated rings. The van der Waals surface area contributed by atoms with Crippen molar-refractivity contribution in [2.75, 3.05) is 14.2 Å². The van der Waals surface area contributed by atoms with Crippen LogP contribution in [0.4, 0.5) is 0 Å². The van der Waals surface area contributed by atoms with E-state index in [1.165, 1.54) is 0 Å². The first-order chi connectivity index (χ1) is 14.9. The van der Waals surface area contributed by atoms with Crippen LogP contribution in [0.25, 0.3) is 32.7 Å². The maximum Gasteiger partial charge on any atom is 0.345 e. The summed E-state index contributed by atoms with van der Waals surface area (Å²) < 4.78 is 22.7. The molecule has 4 rings (SSSR count). The van der Waals surface area contributed by atoms with E-state index in [4.69, 9.17) is 18.3 Å². The van der Waals surface area contributed by atoms with Crippen molar-refractivity contribution in [3.05, 3.63) is 56.2 Å². The van der Waals surface area contributed by atoms with E-state index in [0.717, 1.165) is 11.1 Å². The van der Waals surface area contributed by atoms with Gasteiger partial charge in [-0.2, -0.15) is 0 Å². The fraction of sp³-hybridized carbons (Fsp3) is 0.385. The molecule has 6 nitrogen and oxygen atoms in total. The minimum Gasteiger partial charge on any atom is -0.497 e. The van der Waals surface area contributed by atoms with E-state index < -0.39 is 11.3 Å². The molecule has 2 aromatic heterocycles. The second kappa shape index (κ2) is 7.12. The summed E-state index contributed by atoms with van der Waals surface area (Å²) in [6.07, 6.45) is 0. The molecule has 0 amide bonds. The summed E-state index contributed by atoms with van der Waals surface area (Å²) in [4.78, 5) is 26.7. The van der Waals surface area contributed by atoms with E-state index in [9.17, 15) is 9.59 Å². The van der Waals surface area contributed by atoms with Gasteiger partial charge in [-0.15, -0.1) is 0 Å². The number of rotatable bonds is 2. The van der Waals surface area contributed by atoms with E-state index >= 15 is 0 Å². The summed E-state index contributed by atoms with van der Waals surface area (Å²) in [5.74, 6) is 1.14. The predicted octanol–water partition coefficient (Wildman–Crippen LogP) is 5.66. The highest BCUT2D eigenvalue weighted by molar-refractivity contribution is 6.14. The van der Waals surface area contributed by atoms with Gasteiger partial charge in [0.15, 0.2) is 0 Å². The number of ether oxygens (including phenoxy) is 2. The fourth-order valence-corrected chi connectivity index (χ4v) is 4.13. The van der Waals surface area contributed by atoms with Crippen molar-refractivity contribution in [2.24, 2.45) is 0 Å². The zero-order valence-corrected chi connectivity index (χ0v) is 19.8. The molecule has 0 spiro atoms. The first-order valence-corrected chi connectivity index (χ1v) is 10.5. The quantitative estimate of drug-likeness (QED) is 0.298. The Bertz CT molecular complexity index is 1380. The van der Waals surface area contributed by atoms with Gasteiger partial charge < -0.3 is 18.3 Å². The third-order valence-corrected chi connectivity index (χ3v) is 5.80. The Hall–Kier alpha value is -3.28. The SMILES string of the molecule is COc1cc(C(C)(C)C)c2oc(=O)c3c4cc(OC)cc(C(C)(C)C)c4oc(=O)c3c2c1. The van der Waals surface area contributed by atoms with Gasteiger partial charge in [0, 0.05) is 21.9 Å². The molecule has 0 bridgehead atoms. The van der Waals surface area contributed by atoms with Crippen LogP contribution < -0.4 is 20.7 Å². The predicted molar refractivity (Wildman–Crippen MR) is 127 cm³/mol. The van der Waals surface area contributed by atoms with E-state index in [0.29, 0.717) is 33.4 Å². The molecule has 0 saturated heterocycles. The van der Waals surface area contributed by atoms with Crippen molar-refractivity contribution in [1.82, 2.24) is 0 Å². The first kappa shape index (κ1) is 21.9. The molecule has 0 saturated carbocycles. The topological polar surface area (TPSA) is 78.9 Å². The smallest absolute Gasteiger partial charge is 0.345 e. The summed E-state index contributed by atoms with van der Waals surface area (Å²) >= 11 is 0. The molecule has 0 aliphatic rings. The van der Waals surface area contributed by atoms with E-state index in [2.05, 4.69) is 0 Å². The van der Waals surface area contributed by atoms with Crippen molar-refractivity contribution < 1.29 is 18.3 Å². The Balaban J connectivity index is 2.34. The molecule has 168 valence electrons. The van der Waals surface area contributed by atoms with Gasteiger partial charge >= 0.3 is 11.3 Å². The lowest BCUT2D eigenvalue weighted by atomic mass is 9.84. The fourth-order valence-electron chi connectivity index (χ4n) is 4.13. The van der Waals surface area contributed by atoms with Crippen LogP contribution in [0.3, 0.4) is 0 Å². The Morgan fingerprint density at radius 2 is 0.969 bits per heavy atom. The molecular weight excluding hydrogens is 408 g/mol. The van der Waals surface area contributed by atoms with Gasteiger partial charge in [-0.25, -0.2) is 9.59 Å². The van der Waals surface area contributed by atoms with Gasteiger partial charge in [-0.3, -0.25) is 0 Å². The summed E-state index contributed by atoms with van der Waals surface area (Å²) in [5.41, 5.74) is 0.385. The van der Waals surface area contributed by atoms with Gasteiger partial charge in [-0.1, -0.05) is 41.5 Å². The molecule has 0 N–H and O–H groups in total. The number of fused-ring (bicyclic) bond motifs is 5. The van der Waals surface area contributed by atoms with E-state index in [-0.39, 0.29) is 21.6 Å². The first-order valence-electron chi connectivity index (χ1n) is 10.5. The Labute approximate surface area is 185 Å². The third-order valence-electron chi connectivity index (χ3n) is 5.80. The number of hydrogen-bond acceptors (Lipinski definition) is 6. The molecule has 2 heterocycles. The summed E-state index contributed by atoms with van der Waals surface area (Å²) in [6, 6.07) is 7.09. The average molecular weight is 437 g/mol. The Kier molecular flexibility index (Phi) is 4.88. The average Bonchev–Trinajstić information content (AvgIpc) is 2.70. The van der Waals surface area contributed by atoms with Crippen LogP contribution in [-0.4, -0.2) is 14.2 Å². The Morgan fingerprint density at radius 1 is 0.625 bits per heavy atom. The number of methoxy groups -OCH3 is 2. The van der Waals surface area contributed by atoms with Gasteiger partial charge in [0.05, 0.1) is 25.0 Å². The normalized spacial score (nSPS) is 12.6. The van der Waals surface area contributed by atoms with E-state index in [1.54, 1.807) is 26.4 Å². The van der Waals surface area contributed by atoms with Gasteiger partial charge in [0.25, 0.3) is 0 Å². The molecule has 32 heavy (non-hydrogen) atoms. The third kappa shape index (κ3) is 3.34. The van der Waals surface area contributed by atoms with Crippen molar-refractivity contribution in [3.8, 4) is 11.5 Å². The van der Waals surface area contributed by atoms with Crippen LogP contribution in [-0.2, 0) is 10.8 Å². The lowest BCUT2D eigenvalue weighted by molar-refractivity contribution is 0.412. The Morgan fingerprint density at radius 3 is 1.25 bits per heavy atom. The van der Waals surface area contributed by atoms with Crippen molar-refractivity contribution >= 4 is 32.7 Å². The molecule has 0 aliphatic heterocycles. The molecule has 2 aromatic carbocycles. The van der Waals surface area contributed by atoms with Crippen LogP contribution in [0.5, 0.6) is 11.5 Å². The standard InChI is InChI=1S/C26H28O6/c1-25(2,3)17-11-13(29-7)9-15-19-20(23(27)31-21(15)17)16-10-14(30-8)12-18(26(4,5)6)22(16)32-24(19)28/h9-12H,1-8H3. The molecule has 4 aromatic rings. The lowest BCUT2D eigenvalue weighted by Gasteiger charge is -2.22. The summed E-state index contributed by atoms with van der Waals surface area (Å²) in [6.45, 7) is 12.1. The summed E-state index contributed by atoms with van der Waals surface area (Å²) in [5, 5.41) is 1.34. The van der Waals surface area contributed by atoms with Crippen LogP contribution in [0.1, 0.15) is 52.7 Å². The monoisotopic (exact) mass is 436 g/mol. The highest BCUT2D eigenvalue weighted by Crippen LogP contribution is 2.39. The zero-order valence-electron chi connectivity index (χ0n) is 19.8. The van der Waals surface area contributed by atoms with Gasteiger partial charge in [0.1, 0.15) is 22.7 Å². The van der Waals surface area contributed by atoms with Crippen LogP contribution in [0, 0.1) is 0 Å². The van der Waals surface area contributed by atoms with Crippen LogP contribution >= 0.6 is 0 Å². The second-order valence-electron chi connectivity index (χ2n) is 10.1. The van der Waals surface area contributed by atoms with Gasteiger partial charge in [0.2, 0.25) is 0 Å². The molecule has 0 atom stereocenters. The minimum absolute atomic E-state index is 0.182. The molecule has 0 radical (unpaired) electrons. The molecular formula is C26H28O6. The maximum absolute atomic E-state index is 13.3. The van der Waals surface area contributed by atoms with Crippen molar-refractivity contribution in [1.29, 1.82) is 0 Å². The summed E-state index contributed by atoms with van der Waals surface area (Å²) in [7, 11) is 3.13. The molecule has 0 unspecified atom stereocenters. The second-order valence-corrected chi connectivity index (χ2v) is 10.1. The molecule has 0 aliphatic carbocycles. The number of benzene rings is 2. The minimum atomic E-state index is -0.589. The zero-order chi connectivity index (χ0) is 23.6. The van der Waals surface area contributed by atoms with Crippen LogP contribution in [0.15, 0.2) is 42.7 Å². The van der Waals surface area contributed by atoms with Crippen molar-refractivity contribution in [2.45, 2.75) is 52.4 Å².